The van der Waals surface area contributed by atoms with E-state index >= 15 is 0 Å². The molecule has 0 N–H and O–H groups in total. The van der Waals surface area contributed by atoms with Gasteiger partial charge in [0.2, 0.25) is 0 Å². The zero-order valence-corrected chi connectivity index (χ0v) is 50.7. The fourth-order valence-electron chi connectivity index (χ4n) is 8.18. The molecule has 0 spiro atoms. The van der Waals surface area contributed by atoms with Crippen molar-refractivity contribution >= 4 is 5.97 Å². The summed E-state index contributed by atoms with van der Waals surface area (Å²) in [5, 5.41) is 0. The van der Waals surface area contributed by atoms with Gasteiger partial charge in [0, 0.05) is 50.7 Å². The Kier molecular flexibility index (Phi) is 25.9. The van der Waals surface area contributed by atoms with Crippen LogP contribution in [0.2, 0.25) is 0 Å². The quantitative estimate of drug-likeness (QED) is 0.0309. The fraction of sp³-hybridized carbons (Fsp3) is 0.677. The average Bonchev–Trinajstić information content (AvgIpc) is 3.33. The van der Waals surface area contributed by atoms with Gasteiger partial charge >= 0.3 is 5.97 Å². The molecule has 2 unspecified atom stereocenters. The van der Waals surface area contributed by atoms with Crippen LogP contribution in [0.15, 0.2) is 97.1 Å². The van der Waals surface area contributed by atoms with Gasteiger partial charge in [0.25, 0.3) is 0 Å². The Balaban J connectivity index is 1.35. The Labute approximate surface area is 461 Å². The van der Waals surface area contributed by atoms with Crippen molar-refractivity contribution < 1.29 is 52.2 Å². The van der Waals surface area contributed by atoms with Crippen molar-refractivity contribution in [2.24, 2.45) is 22.7 Å². The minimum absolute atomic E-state index is 0.0471. The third-order valence-corrected chi connectivity index (χ3v) is 16.3. The summed E-state index contributed by atoms with van der Waals surface area (Å²) in [5.41, 5.74) is -2.61. The van der Waals surface area contributed by atoms with Crippen molar-refractivity contribution in [3.05, 3.63) is 97.1 Å². The molecular weight excluding hydrogens is 957 g/mol. The van der Waals surface area contributed by atoms with Crippen LogP contribution in [-0.4, -0.2) is 99.5 Å². The molecule has 0 fully saturated rings. The molecule has 0 radical (unpaired) electrons. The number of methoxy groups -OCH3 is 1. The first-order valence-electron chi connectivity index (χ1n) is 28.0. The summed E-state index contributed by atoms with van der Waals surface area (Å²) >= 11 is 0. The lowest BCUT2D eigenvalue weighted by Gasteiger charge is -2.44. The summed E-state index contributed by atoms with van der Waals surface area (Å²) in [4.78, 5) is 12.6. The topological polar surface area (TPSA) is 109 Å². The summed E-state index contributed by atoms with van der Waals surface area (Å²) < 4.78 is 62.7. The van der Waals surface area contributed by atoms with Crippen LogP contribution in [0, 0.1) is 22.7 Å². The molecule has 430 valence electrons. The summed E-state index contributed by atoms with van der Waals surface area (Å²) in [6.07, 6.45) is 7.39. The second-order valence-corrected chi connectivity index (χ2v) is 25.4. The second kappa shape index (κ2) is 29.7. The maximum Gasteiger partial charge on any atom is 0.333 e. The van der Waals surface area contributed by atoms with Gasteiger partial charge in [-0.2, -0.15) is 0 Å². The molecule has 2 atom stereocenters. The number of carbonyl (C=O) groups is 1. The van der Waals surface area contributed by atoms with E-state index in [2.05, 4.69) is 104 Å². The van der Waals surface area contributed by atoms with Crippen LogP contribution in [0.1, 0.15) is 169 Å². The first-order chi connectivity index (χ1) is 35.3. The molecule has 0 amide bonds. The van der Waals surface area contributed by atoms with E-state index in [1.54, 1.807) is 14.0 Å². The highest BCUT2D eigenvalue weighted by Gasteiger charge is 2.42. The number of benzene rings is 3. The monoisotopic (exact) mass is 1060 g/mol. The molecule has 0 saturated carbocycles. The third kappa shape index (κ3) is 23.1. The maximum atomic E-state index is 12.6. The van der Waals surface area contributed by atoms with E-state index in [0.29, 0.717) is 58.4 Å². The van der Waals surface area contributed by atoms with Gasteiger partial charge in [-0.1, -0.05) is 89.6 Å². The molecule has 0 aliphatic rings. The van der Waals surface area contributed by atoms with Gasteiger partial charge in [0.15, 0.2) is 0 Å². The number of carbonyl (C=O) groups excluding carboxylic acids is 1. The normalized spacial score (nSPS) is 14.0. The smallest absolute Gasteiger partial charge is 0.333 e. The van der Waals surface area contributed by atoms with Gasteiger partial charge in [-0.3, -0.25) is 0 Å². The van der Waals surface area contributed by atoms with Crippen molar-refractivity contribution in [2.75, 3.05) is 60.0 Å². The molecule has 0 heterocycles. The van der Waals surface area contributed by atoms with E-state index in [0.717, 1.165) is 74.4 Å². The highest BCUT2D eigenvalue weighted by atomic mass is 16.6. The SMILES string of the molecule is C=C(C)C(=O)OC(C)(C)C(COc1ccccc1)COC(C)(C)C(C)(C)CCCCOC(C)(C)CCOc1cccc(OCCC(C)(C)OCCCCC(C)(C)C(C)(C)OCC(COc2ccccc2)C(C)(C)OC)c1. The molecule has 11 nitrogen and oxygen atoms in total. The predicted molar refractivity (Wildman–Crippen MR) is 309 cm³/mol. The Morgan fingerprint density at radius 3 is 1.21 bits per heavy atom. The number of hydrogen-bond acceptors (Lipinski definition) is 11. The van der Waals surface area contributed by atoms with Crippen molar-refractivity contribution in [3.8, 4) is 23.0 Å². The molecule has 0 aromatic heterocycles. The highest BCUT2D eigenvalue weighted by Crippen LogP contribution is 2.41. The molecule has 76 heavy (non-hydrogen) atoms. The molecular formula is C65H104O11. The van der Waals surface area contributed by atoms with E-state index in [9.17, 15) is 4.79 Å². The molecule has 0 aliphatic carbocycles. The third-order valence-electron chi connectivity index (χ3n) is 16.3. The second-order valence-electron chi connectivity index (χ2n) is 25.4. The number of unbranched alkanes of at least 4 members (excludes halogenated alkanes) is 2. The molecule has 0 saturated heterocycles. The zero-order chi connectivity index (χ0) is 56.9. The van der Waals surface area contributed by atoms with Crippen LogP contribution in [0.3, 0.4) is 0 Å². The van der Waals surface area contributed by atoms with E-state index in [1.807, 2.05) is 98.8 Å². The van der Waals surface area contributed by atoms with Crippen molar-refractivity contribution in [1.82, 2.24) is 0 Å². The standard InChI is InChI=1S/C65H104O11/c1-50(2)57(66)76-63(13,14)52(47-71-54-33-24-21-25-34-54)49-75-65(17,18)59(5,6)38-27-29-42-73-61(9,10)40-44-69-56-36-30-35-55(45-56)68-43-39-60(7,8)72-41-28-26-37-58(3,4)64(15,16)74-48-51(62(11,12)67-19)46-70-53-31-22-20-23-32-53/h20-25,30-36,45,51-52H,1,26-29,37-44,46-49H2,2-19H3. The molecule has 3 aromatic carbocycles. The lowest BCUT2D eigenvalue weighted by molar-refractivity contribution is -0.170. The minimum atomic E-state index is -0.849. The molecule has 3 rings (SSSR count). The van der Waals surface area contributed by atoms with Gasteiger partial charge in [0.1, 0.15) is 28.6 Å². The van der Waals surface area contributed by atoms with E-state index in [-0.39, 0.29) is 39.5 Å². The van der Waals surface area contributed by atoms with Crippen LogP contribution in [-0.2, 0) is 33.2 Å². The van der Waals surface area contributed by atoms with Crippen molar-refractivity contribution in [2.45, 2.75) is 203 Å². The maximum absolute atomic E-state index is 12.6. The number of esters is 1. The van der Waals surface area contributed by atoms with Crippen molar-refractivity contribution in [3.63, 3.8) is 0 Å². The fourth-order valence-corrected chi connectivity index (χ4v) is 8.18. The lowest BCUT2D eigenvalue weighted by atomic mass is 9.73. The lowest BCUT2D eigenvalue weighted by Crippen LogP contribution is -2.47. The summed E-state index contributed by atoms with van der Waals surface area (Å²) in [6.45, 7) is 43.9. The molecule has 0 aliphatic heterocycles. The van der Waals surface area contributed by atoms with Gasteiger partial charge in [-0.05, 0) is 163 Å². The zero-order valence-electron chi connectivity index (χ0n) is 50.7. The van der Waals surface area contributed by atoms with Crippen LogP contribution in [0.5, 0.6) is 23.0 Å². The van der Waals surface area contributed by atoms with Crippen LogP contribution >= 0.6 is 0 Å². The largest absolute Gasteiger partial charge is 0.493 e. The molecule has 11 heteroatoms. The van der Waals surface area contributed by atoms with Gasteiger partial charge < -0.3 is 47.4 Å². The van der Waals surface area contributed by atoms with E-state index in [1.165, 1.54) is 0 Å². The molecule has 0 bridgehead atoms. The van der Waals surface area contributed by atoms with Gasteiger partial charge in [-0.15, -0.1) is 0 Å². The minimum Gasteiger partial charge on any atom is -0.493 e. The average molecular weight is 1060 g/mol. The molecule has 3 aromatic rings. The number of rotatable bonds is 39. The van der Waals surface area contributed by atoms with Crippen LogP contribution in [0.25, 0.3) is 0 Å². The summed E-state index contributed by atoms with van der Waals surface area (Å²) in [6, 6.07) is 27.4. The number of para-hydroxylation sites is 2. The highest BCUT2D eigenvalue weighted by molar-refractivity contribution is 5.87. The Morgan fingerprint density at radius 2 is 0.829 bits per heavy atom. The Bertz CT molecular complexity index is 2120. The van der Waals surface area contributed by atoms with E-state index in [4.69, 9.17) is 47.4 Å². The Hall–Kier alpha value is -4.13. The van der Waals surface area contributed by atoms with Crippen LogP contribution < -0.4 is 18.9 Å². The first kappa shape index (κ1) is 66.2. The first-order valence-corrected chi connectivity index (χ1v) is 28.0. The van der Waals surface area contributed by atoms with Gasteiger partial charge in [-0.25, -0.2) is 4.79 Å². The number of ether oxygens (including phenoxy) is 10. The summed E-state index contributed by atoms with van der Waals surface area (Å²) in [5.74, 6) is 2.54. The summed E-state index contributed by atoms with van der Waals surface area (Å²) in [7, 11) is 1.75. The van der Waals surface area contributed by atoms with Crippen molar-refractivity contribution in [1.29, 1.82) is 0 Å². The Morgan fingerprint density at radius 1 is 0.447 bits per heavy atom. The predicted octanol–water partition coefficient (Wildman–Crippen LogP) is 15.5. The number of hydrogen-bond donors (Lipinski definition) is 0. The van der Waals surface area contributed by atoms with Crippen LogP contribution in [0.4, 0.5) is 0 Å². The van der Waals surface area contributed by atoms with E-state index < -0.39 is 22.8 Å². The van der Waals surface area contributed by atoms with Gasteiger partial charge in [0.05, 0.1) is 73.6 Å².